The fourth-order valence-electron chi connectivity index (χ4n) is 2.99. The molecule has 24 heavy (non-hydrogen) atoms. The van der Waals surface area contributed by atoms with Gasteiger partial charge >= 0.3 is 0 Å². The molecule has 3 aromatic rings. The molecule has 0 bridgehead atoms. The first-order valence-electron chi connectivity index (χ1n) is 7.95. The molecule has 2 aromatic carbocycles. The fourth-order valence-corrected chi connectivity index (χ4v) is 2.99. The van der Waals surface area contributed by atoms with Crippen LogP contribution in [0.4, 0.5) is 0 Å². The largest absolute Gasteiger partial charge is 0.351 e. The quantitative estimate of drug-likeness (QED) is 0.782. The highest BCUT2D eigenvalue weighted by Crippen LogP contribution is 2.47. The van der Waals surface area contributed by atoms with Crippen LogP contribution in [0.3, 0.4) is 0 Å². The lowest BCUT2D eigenvalue weighted by molar-refractivity contribution is 0.0949. The third-order valence-electron chi connectivity index (χ3n) is 4.57. The van der Waals surface area contributed by atoms with Crippen LogP contribution >= 0.6 is 0 Å². The van der Waals surface area contributed by atoms with Crippen LogP contribution in [0.5, 0.6) is 0 Å². The normalized spacial score (nSPS) is 15.0. The minimum atomic E-state index is -0.108. The second-order valence-electron chi connectivity index (χ2n) is 6.10. The molecule has 4 rings (SSSR count). The van der Waals surface area contributed by atoms with Crippen molar-refractivity contribution in [1.82, 2.24) is 25.5 Å². The Kier molecular flexibility index (Phi) is 3.57. The third-order valence-corrected chi connectivity index (χ3v) is 4.57. The van der Waals surface area contributed by atoms with Gasteiger partial charge in [-0.2, -0.15) is 4.68 Å². The summed E-state index contributed by atoms with van der Waals surface area (Å²) in [7, 11) is 0. The maximum atomic E-state index is 12.7. The highest BCUT2D eigenvalue weighted by atomic mass is 16.1. The first kappa shape index (κ1) is 14.6. The van der Waals surface area contributed by atoms with E-state index in [1.54, 1.807) is 6.07 Å². The molecule has 0 saturated heterocycles. The number of para-hydroxylation sites is 1. The minimum Gasteiger partial charge on any atom is -0.351 e. The molecule has 1 aromatic heterocycles. The van der Waals surface area contributed by atoms with Gasteiger partial charge in [0.05, 0.1) is 11.3 Å². The number of hydrogen-bond acceptors (Lipinski definition) is 4. The molecule has 1 aliphatic rings. The van der Waals surface area contributed by atoms with Crippen LogP contribution < -0.4 is 5.32 Å². The maximum absolute atomic E-state index is 12.7. The Morgan fingerprint density at radius 1 is 1.08 bits per heavy atom. The summed E-state index contributed by atoms with van der Waals surface area (Å²) in [6.45, 7) is 0.639. The molecule has 1 saturated carbocycles. The molecule has 0 unspecified atom stereocenters. The highest BCUT2D eigenvalue weighted by Gasteiger charge is 2.44. The number of carbonyl (C=O) groups excluding carboxylic acids is 1. The Balaban J connectivity index is 1.52. The van der Waals surface area contributed by atoms with Crippen molar-refractivity contribution >= 4 is 5.91 Å². The lowest BCUT2D eigenvalue weighted by Gasteiger charge is -2.17. The van der Waals surface area contributed by atoms with E-state index in [1.165, 1.54) is 16.6 Å². The zero-order chi connectivity index (χ0) is 16.4. The Morgan fingerprint density at radius 3 is 2.54 bits per heavy atom. The predicted molar refractivity (Wildman–Crippen MR) is 88.8 cm³/mol. The Morgan fingerprint density at radius 2 is 1.83 bits per heavy atom. The summed E-state index contributed by atoms with van der Waals surface area (Å²) < 4.78 is 1.50. The number of amides is 1. The van der Waals surface area contributed by atoms with E-state index in [9.17, 15) is 4.79 Å². The van der Waals surface area contributed by atoms with Gasteiger partial charge in [-0.15, -0.1) is 5.10 Å². The first-order chi connectivity index (χ1) is 11.8. The van der Waals surface area contributed by atoms with Crippen LogP contribution in [0.2, 0.25) is 0 Å². The zero-order valence-electron chi connectivity index (χ0n) is 13.1. The molecule has 120 valence electrons. The number of hydrogen-bond donors (Lipinski definition) is 1. The zero-order valence-corrected chi connectivity index (χ0v) is 13.1. The van der Waals surface area contributed by atoms with Crippen LogP contribution in [0.25, 0.3) is 5.69 Å². The summed E-state index contributed by atoms with van der Waals surface area (Å²) in [6, 6.07) is 17.7. The second kappa shape index (κ2) is 5.88. The Bertz CT molecular complexity index is 841. The van der Waals surface area contributed by atoms with Crippen molar-refractivity contribution in [3.05, 3.63) is 72.1 Å². The van der Waals surface area contributed by atoms with E-state index in [2.05, 4.69) is 33.0 Å². The van der Waals surface area contributed by atoms with Crippen molar-refractivity contribution in [2.24, 2.45) is 0 Å². The molecule has 6 nitrogen and oxygen atoms in total. The van der Waals surface area contributed by atoms with Crippen LogP contribution in [-0.2, 0) is 5.41 Å². The van der Waals surface area contributed by atoms with E-state index in [-0.39, 0.29) is 11.3 Å². The lowest BCUT2D eigenvalue weighted by Crippen LogP contribution is -2.32. The first-order valence-corrected chi connectivity index (χ1v) is 7.95. The molecule has 1 aliphatic carbocycles. The van der Waals surface area contributed by atoms with Crippen LogP contribution in [-0.4, -0.2) is 32.7 Å². The number of benzene rings is 2. The fraction of sp³-hybridized carbons (Fsp3) is 0.222. The van der Waals surface area contributed by atoms with Crippen molar-refractivity contribution in [2.45, 2.75) is 18.3 Å². The number of nitrogens with zero attached hydrogens (tertiary/aromatic N) is 4. The summed E-state index contributed by atoms with van der Waals surface area (Å²) >= 11 is 0. The molecule has 0 radical (unpaired) electrons. The van der Waals surface area contributed by atoms with Crippen LogP contribution in [0.1, 0.15) is 28.8 Å². The average Bonchev–Trinajstić information content (AvgIpc) is 3.24. The van der Waals surface area contributed by atoms with Gasteiger partial charge < -0.3 is 5.32 Å². The van der Waals surface area contributed by atoms with Crippen LogP contribution in [0, 0.1) is 0 Å². The molecule has 0 aliphatic heterocycles. The SMILES string of the molecule is O=C(NCC1(c2ccccc2)CC1)c1ccccc1-n1cnnn1. The summed E-state index contributed by atoms with van der Waals surface area (Å²) in [6.07, 6.45) is 3.69. The van der Waals surface area contributed by atoms with E-state index in [1.807, 2.05) is 36.4 Å². The summed E-state index contributed by atoms with van der Waals surface area (Å²) in [5.74, 6) is -0.108. The van der Waals surface area contributed by atoms with Gasteiger partial charge in [0.25, 0.3) is 5.91 Å². The van der Waals surface area contributed by atoms with Gasteiger partial charge in [0.2, 0.25) is 0 Å². The second-order valence-corrected chi connectivity index (χ2v) is 6.10. The van der Waals surface area contributed by atoms with Gasteiger partial charge in [-0.3, -0.25) is 4.79 Å². The molecule has 1 amide bonds. The third kappa shape index (κ3) is 2.67. The predicted octanol–water partition coefficient (Wildman–Crippen LogP) is 2.12. The van der Waals surface area contributed by atoms with Crippen molar-refractivity contribution in [3.63, 3.8) is 0 Å². The van der Waals surface area contributed by atoms with E-state index in [0.29, 0.717) is 17.8 Å². The van der Waals surface area contributed by atoms with Crippen molar-refractivity contribution in [3.8, 4) is 5.69 Å². The van der Waals surface area contributed by atoms with E-state index >= 15 is 0 Å². The standard InChI is InChI=1S/C18H17N5O/c24-17(15-8-4-5-9-16(15)23-13-20-21-22-23)19-12-18(10-11-18)14-6-2-1-3-7-14/h1-9,13H,10-12H2,(H,19,24). The summed E-state index contributed by atoms with van der Waals surface area (Å²) in [5.41, 5.74) is 2.61. The number of rotatable bonds is 5. The molecule has 6 heteroatoms. The van der Waals surface area contributed by atoms with E-state index in [4.69, 9.17) is 0 Å². The number of aromatic nitrogens is 4. The number of tetrazole rings is 1. The van der Waals surface area contributed by atoms with E-state index in [0.717, 1.165) is 12.8 Å². The maximum Gasteiger partial charge on any atom is 0.253 e. The van der Waals surface area contributed by atoms with Gasteiger partial charge in [-0.1, -0.05) is 42.5 Å². The number of nitrogens with one attached hydrogen (secondary N) is 1. The summed E-state index contributed by atoms with van der Waals surface area (Å²) in [5, 5.41) is 14.2. The molecule has 1 N–H and O–H groups in total. The molecule has 1 fully saturated rings. The van der Waals surface area contributed by atoms with Crippen molar-refractivity contribution in [2.75, 3.05) is 6.54 Å². The summed E-state index contributed by atoms with van der Waals surface area (Å²) in [4.78, 5) is 12.7. The van der Waals surface area contributed by atoms with Gasteiger partial charge in [-0.25, -0.2) is 0 Å². The van der Waals surface area contributed by atoms with Crippen molar-refractivity contribution < 1.29 is 4.79 Å². The molecule has 0 atom stereocenters. The topological polar surface area (TPSA) is 72.7 Å². The van der Waals surface area contributed by atoms with Gasteiger partial charge in [0, 0.05) is 12.0 Å². The Labute approximate surface area is 139 Å². The van der Waals surface area contributed by atoms with Gasteiger partial charge in [0.15, 0.2) is 0 Å². The lowest BCUT2D eigenvalue weighted by atomic mass is 9.96. The van der Waals surface area contributed by atoms with Gasteiger partial charge in [0.1, 0.15) is 6.33 Å². The molecule has 0 spiro atoms. The highest BCUT2D eigenvalue weighted by molar-refractivity contribution is 5.97. The Hall–Kier alpha value is -3.02. The average molecular weight is 319 g/mol. The van der Waals surface area contributed by atoms with Crippen LogP contribution in [0.15, 0.2) is 60.9 Å². The van der Waals surface area contributed by atoms with E-state index < -0.39 is 0 Å². The number of carbonyl (C=O) groups is 1. The molecule has 1 heterocycles. The minimum absolute atomic E-state index is 0.0840. The monoisotopic (exact) mass is 319 g/mol. The molecular weight excluding hydrogens is 302 g/mol. The van der Waals surface area contributed by atoms with Crippen molar-refractivity contribution in [1.29, 1.82) is 0 Å². The smallest absolute Gasteiger partial charge is 0.253 e. The molecular formula is C18H17N5O. The van der Waals surface area contributed by atoms with Gasteiger partial charge in [-0.05, 0) is 41.0 Å².